The molecule has 3 saturated carbocycles. The van der Waals surface area contributed by atoms with Gasteiger partial charge in [-0.05, 0) is 98.4 Å². The summed E-state index contributed by atoms with van der Waals surface area (Å²) >= 11 is 0. The molecule has 4 aliphatic carbocycles. The van der Waals surface area contributed by atoms with Crippen molar-refractivity contribution in [1.29, 1.82) is 0 Å². The van der Waals surface area contributed by atoms with Gasteiger partial charge in [0.05, 0.1) is 11.3 Å². The minimum absolute atomic E-state index is 0.144. The van der Waals surface area contributed by atoms with Crippen molar-refractivity contribution < 1.29 is 5.11 Å². The van der Waals surface area contributed by atoms with Crippen LogP contribution >= 0.6 is 0 Å². The molecule has 3 fully saturated rings. The molecule has 138 valence electrons. The van der Waals surface area contributed by atoms with E-state index in [0.717, 1.165) is 30.1 Å². The van der Waals surface area contributed by atoms with E-state index in [0.29, 0.717) is 5.41 Å². The molecule has 0 aromatic carbocycles. The fraction of sp³-hybridized carbons (Fsp3) is 0.864. The summed E-state index contributed by atoms with van der Waals surface area (Å²) in [6, 6.07) is 0. The Bertz CT molecular complexity index is 707. The molecule has 0 aliphatic heterocycles. The molecular formula is C22H34N2O. The van der Waals surface area contributed by atoms with Gasteiger partial charge in [-0.2, -0.15) is 5.10 Å². The van der Waals surface area contributed by atoms with Gasteiger partial charge in [0.15, 0.2) is 0 Å². The third-order valence-corrected chi connectivity index (χ3v) is 9.63. The van der Waals surface area contributed by atoms with Crippen molar-refractivity contribution in [2.45, 2.75) is 77.7 Å². The van der Waals surface area contributed by atoms with Gasteiger partial charge in [0.1, 0.15) is 0 Å². The standard InChI is InChI=1S/C22H34N2O/c1-20-12-14-13-24(4)23-19(14)11-15(20)5-6-16-17(20)7-9-21(2)18(16)8-10-22(21,3)25/h13,15-18,25H,5-12H2,1-4H3/t15?,16?,17?,18?,20-,21-,22-/m0/s1. The summed E-state index contributed by atoms with van der Waals surface area (Å²) in [7, 11) is 2.07. The number of aryl methyl sites for hydroxylation is 1. The number of nitrogens with zero attached hydrogens (tertiary/aromatic N) is 2. The van der Waals surface area contributed by atoms with Gasteiger partial charge in [0.25, 0.3) is 0 Å². The Labute approximate surface area is 152 Å². The van der Waals surface area contributed by atoms with Crippen LogP contribution in [-0.4, -0.2) is 20.5 Å². The van der Waals surface area contributed by atoms with Crippen LogP contribution in [0, 0.1) is 34.5 Å². The molecule has 3 heteroatoms. The second kappa shape index (κ2) is 4.91. The summed E-state index contributed by atoms with van der Waals surface area (Å²) in [5.74, 6) is 3.20. The molecule has 25 heavy (non-hydrogen) atoms. The van der Waals surface area contributed by atoms with E-state index in [9.17, 15) is 5.11 Å². The average Bonchev–Trinajstić information content (AvgIpc) is 3.00. The van der Waals surface area contributed by atoms with E-state index in [4.69, 9.17) is 5.10 Å². The van der Waals surface area contributed by atoms with E-state index in [2.05, 4.69) is 34.0 Å². The van der Waals surface area contributed by atoms with Crippen LogP contribution in [0.5, 0.6) is 0 Å². The Balaban J connectivity index is 1.50. The molecule has 4 aliphatic rings. The van der Waals surface area contributed by atoms with Gasteiger partial charge in [-0.1, -0.05) is 13.8 Å². The molecule has 1 N–H and O–H groups in total. The minimum Gasteiger partial charge on any atom is -0.390 e. The zero-order valence-electron chi connectivity index (χ0n) is 16.4. The number of fused-ring (bicyclic) bond motifs is 6. The van der Waals surface area contributed by atoms with Crippen molar-refractivity contribution in [1.82, 2.24) is 9.78 Å². The largest absolute Gasteiger partial charge is 0.390 e. The van der Waals surface area contributed by atoms with Gasteiger partial charge in [0, 0.05) is 13.2 Å². The first-order valence-corrected chi connectivity index (χ1v) is 10.5. The van der Waals surface area contributed by atoms with Crippen LogP contribution < -0.4 is 0 Å². The molecule has 0 radical (unpaired) electrons. The molecule has 7 atom stereocenters. The van der Waals surface area contributed by atoms with Gasteiger partial charge >= 0.3 is 0 Å². The highest BCUT2D eigenvalue weighted by molar-refractivity contribution is 5.26. The fourth-order valence-corrected chi connectivity index (χ4v) is 7.94. The Morgan fingerprint density at radius 2 is 1.84 bits per heavy atom. The summed E-state index contributed by atoms with van der Waals surface area (Å²) in [5, 5.41) is 15.8. The van der Waals surface area contributed by atoms with E-state index >= 15 is 0 Å². The maximum absolute atomic E-state index is 11.1. The highest BCUT2D eigenvalue weighted by Gasteiger charge is 2.63. The minimum atomic E-state index is -0.455. The molecule has 1 aromatic rings. The maximum Gasteiger partial charge on any atom is 0.0675 e. The molecule has 0 saturated heterocycles. The van der Waals surface area contributed by atoms with Gasteiger partial charge < -0.3 is 5.11 Å². The van der Waals surface area contributed by atoms with Crippen LogP contribution in [0.25, 0.3) is 0 Å². The van der Waals surface area contributed by atoms with Crippen molar-refractivity contribution in [2.24, 2.45) is 41.5 Å². The molecule has 4 unspecified atom stereocenters. The van der Waals surface area contributed by atoms with Gasteiger partial charge in [0.2, 0.25) is 0 Å². The van der Waals surface area contributed by atoms with Crippen molar-refractivity contribution in [3.8, 4) is 0 Å². The van der Waals surface area contributed by atoms with E-state index in [1.54, 1.807) is 0 Å². The van der Waals surface area contributed by atoms with E-state index in [1.807, 2.05) is 4.68 Å². The topological polar surface area (TPSA) is 38.0 Å². The first-order valence-electron chi connectivity index (χ1n) is 10.5. The van der Waals surface area contributed by atoms with E-state index in [-0.39, 0.29) is 5.41 Å². The molecule has 1 aromatic heterocycles. The van der Waals surface area contributed by atoms with Crippen LogP contribution in [0.15, 0.2) is 6.20 Å². The quantitative estimate of drug-likeness (QED) is 0.770. The third kappa shape index (κ3) is 1.99. The van der Waals surface area contributed by atoms with Gasteiger partial charge in [-0.15, -0.1) is 0 Å². The molecular weight excluding hydrogens is 308 g/mol. The zero-order chi connectivity index (χ0) is 17.6. The highest BCUT2D eigenvalue weighted by Crippen LogP contribution is 2.67. The third-order valence-electron chi connectivity index (χ3n) is 9.63. The number of rotatable bonds is 0. The molecule has 1 heterocycles. The lowest BCUT2D eigenvalue weighted by Gasteiger charge is -2.60. The lowest BCUT2D eigenvalue weighted by Crippen LogP contribution is -2.56. The Morgan fingerprint density at radius 3 is 2.64 bits per heavy atom. The van der Waals surface area contributed by atoms with Crippen molar-refractivity contribution in [3.63, 3.8) is 0 Å². The number of aliphatic hydroxyl groups is 1. The van der Waals surface area contributed by atoms with Crippen LogP contribution in [-0.2, 0) is 19.9 Å². The first-order chi connectivity index (χ1) is 11.7. The first kappa shape index (κ1) is 16.4. The fourth-order valence-electron chi connectivity index (χ4n) is 7.94. The second-order valence-corrected chi connectivity index (χ2v) is 10.6. The van der Waals surface area contributed by atoms with Crippen molar-refractivity contribution in [3.05, 3.63) is 17.5 Å². The van der Waals surface area contributed by atoms with Crippen LogP contribution in [0.2, 0.25) is 0 Å². The van der Waals surface area contributed by atoms with E-state index in [1.165, 1.54) is 56.2 Å². The summed E-state index contributed by atoms with van der Waals surface area (Å²) in [6.45, 7) is 7.11. The zero-order valence-corrected chi connectivity index (χ0v) is 16.4. The van der Waals surface area contributed by atoms with Crippen LogP contribution in [0.3, 0.4) is 0 Å². The molecule has 0 bridgehead atoms. The molecule has 0 amide bonds. The summed E-state index contributed by atoms with van der Waals surface area (Å²) in [4.78, 5) is 0. The average molecular weight is 343 g/mol. The highest BCUT2D eigenvalue weighted by atomic mass is 16.3. The summed E-state index contributed by atoms with van der Waals surface area (Å²) < 4.78 is 2.02. The molecule has 0 spiro atoms. The SMILES string of the molecule is Cn1cc2c(n1)CC1CCC3C(CC[C@@]4(C)C3CC[C@]4(C)O)[C@@]1(C)C2. The smallest absolute Gasteiger partial charge is 0.0675 e. The van der Waals surface area contributed by atoms with Crippen molar-refractivity contribution in [2.75, 3.05) is 0 Å². The predicted octanol–water partition coefficient (Wildman–Crippen LogP) is 4.13. The second-order valence-electron chi connectivity index (χ2n) is 10.6. The maximum atomic E-state index is 11.1. The van der Waals surface area contributed by atoms with Gasteiger partial charge in [-0.3, -0.25) is 4.68 Å². The van der Waals surface area contributed by atoms with Crippen LogP contribution in [0.4, 0.5) is 0 Å². The number of hydrogen-bond acceptors (Lipinski definition) is 2. The van der Waals surface area contributed by atoms with E-state index < -0.39 is 5.60 Å². The van der Waals surface area contributed by atoms with Crippen LogP contribution in [0.1, 0.15) is 70.6 Å². The summed E-state index contributed by atoms with van der Waals surface area (Å²) in [5.41, 5.74) is 3.01. The normalized spacial score (nSPS) is 51.4. The number of aromatic nitrogens is 2. The monoisotopic (exact) mass is 342 g/mol. The number of hydrogen-bond donors (Lipinski definition) is 1. The lowest BCUT2D eigenvalue weighted by molar-refractivity contribution is -0.139. The van der Waals surface area contributed by atoms with Gasteiger partial charge in [-0.25, -0.2) is 0 Å². The molecule has 5 rings (SSSR count). The lowest BCUT2D eigenvalue weighted by atomic mass is 9.44. The molecule has 3 nitrogen and oxygen atoms in total. The Morgan fingerprint density at radius 1 is 1.08 bits per heavy atom. The summed E-state index contributed by atoms with van der Waals surface area (Å²) in [6.07, 6.45) is 12.2. The Kier molecular flexibility index (Phi) is 3.21. The predicted molar refractivity (Wildman–Crippen MR) is 99.1 cm³/mol. The van der Waals surface area contributed by atoms with Crippen molar-refractivity contribution >= 4 is 0 Å². The Hall–Kier alpha value is -0.830.